The Balaban J connectivity index is 1.96. The molecule has 0 saturated carbocycles. The van der Waals surface area contributed by atoms with E-state index in [1.54, 1.807) is 23.2 Å². The summed E-state index contributed by atoms with van der Waals surface area (Å²) >= 11 is 6.41. The van der Waals surface area contributed by atoms with Crippen molar-refractivity contribution in [3.05, 3.63) is 92.7 Å². The zero-order valence-electron chi connectivity index (χ0n) is 17.5. The van der Waals surface area contributed by atoms with E-state index in [2.05, 4.69) is 28.5 Å². The van der Waals surface area contributed by atoms with Gasteiger partial charge in [0, 0.05) is 23.5 Å². The molecule has 0 saturated heterocycles. The van der Waals surface area contributed by atoms with Crippen LogP contribution in [-0.2, 0) is 0 Å². The van der Waals surface area contributed by atoms with Gasteiger partial charge in [0.05, 0.1) is 27.8 Å². The number of nitrogens with zero attached hydrogens (tertiary/aromatic N) is 3. The number of aromatic amines is 1. The van der Waals surface area contributed by atoms with Gasteiger partial charge in [-0.05, 0) is 43.0 Å². The Morgan fingerprint density at radius 3 is 2.71 bits per heavy atom. The van der Waals surface area contributed by atoms with Crippen molar-refractivity contribution in [2.75, 3.05) is 0 Å². The molecule has 4 rings (SSSR count). The number of H-pyrrole nitrogens is 1. The zero-order valence-corrected chi connectivity index (χ0v) is 18.2. The summed E-state index contributed by atoms with van der Waals surface area (Å²) in [6.45, 7) is 7.97. The molecule has 2 aromatic carbocycles. The van der Waals surface area contributed by atoms with Crippen molar-refractivity contribution in [3.63, 3.8) is 0 Å². The highest BCUT2D eigenvalue weighted by Crippen LogP contribution is 2.29. The average molecular weight is 431 g/mol. The topological polar surface area (TPSA) is 63.0 Å². The number of fused-ring (bicyclic) bond motifs is 1. The zero-order chi connectivity index (χ0) is 22.0. The first-order valence-electron chi connectivity index (χ1n) is 10.1. The summed E-state index contributed by atoms with van der Waals surface area (Å²) in [5, 5.41) is 3.25. The second-order valence-electron chi connectivity index (χ2n) is 7.42. The van der Waals surface area contributed by atoms with Crippen molar-refractivity contribution in [3.8, 4) is 5.69 Å². The van der Waals surface area contributed by atoms with Gasteiger partial charge in [-0.2, -0.15) is 0 Å². The minimum atomic E-state index is -0.130. The van der Waals surface area contributed by atoms with Gasteiger partial charge in [-0.3, -0.25) is 14.4 Å². The molecule has 2 heterocycles. The number of aromatic nitrogens is 3. The molecule has 0 amide bonds. The number of benzene rings is 2. The van der Waals surface area contributed by atoms with E-state index in [4.69, 9.17) is 11.6 Å². The number of halogens is 1. The lowest BCUT2D eigenvalue weighted by molar-refractivity contribution is 0.712. The quantitative estimate of drug-likeness (QED) is 0.483. The molecule has 0 radical (unpaired) electrons. The Morgan fingerprint density at radius 1 is 1.26 bits per heavy atom. The van der Waals surface area contributed by atoms with Gasteiger partial charge in [-0.25, -0.2) is 4.98 Å². The Labute approximate surface area is 185 Å². The molecule has 156 valence electrons. The van der Waals surface area contributed by atoms with Crippen LogP contribution in [0.2, 0.25) is 5.02 Å². The van der Waals surface area contributed by atoms with Gasteiger partial charge in [0.2, 0.25) is 0 Å². The summed E-state index contributed by atoms with van der Waals surface area (Å²) < 4.78 is 1.75. The lowest BCUT2D eigenvalue weighted by Gasteiger charge is -2.20. The molecule has 0 fully saturated rings. The van der Waals surface area contributed by atoms with Gasteiger partial charge in [0.25, 0.3) is 5.56 Å². The minimum Gasteiger partial charge on any atom is -0.345 e. The van der Waals surface area contributed by atoms with E-state index in [0.717, 1.165) is 33.2 Å². The van der Waals surface area contributed by atoms with Crippen LogP contribution in [0.15, 0.2) is 70.7 Å². The monoisotopic (exact) mass is 430 g/mol. The summed E-state index contributed by atoms with van der Waals surface area (Å²) in [6, 6.07) is 17.2. The maximum absolute atomic E-state index is 13.6. The molecule has 4 aromatic rings. The molecule has 31 heavy (non-hydrogen) atoms. The number of nitrogens with one attached hydrogen (secondary N) is 1. The van der Waals surface area contributed by atoms with Crippen LogP contribution in [0.4, 0.5) is 0 Å². The van der Waals surface area contributed by atoms with E-state index in [1.165, 1.54) is 0 Å². The van der Waals surface area contributed by atoms with Gasteiger partial charge in [-0.1, -0.05) is 55.4 Å². The fourth-order valence-corrected chi connectivity index (χ4v) is 4.14. The Bertz CT molecular complexity index is 1430. The van der Waals surface area contributed by atoms with Crippen molar-refractivity contribution >= 4 is 40.9 Å². The third-order valence-electron chi connectivity index (χ3n) is 5.32. The number of hydrogen-bond acceptors (Lipinski definition) is 3. The normalized spacial score (nSPS) is 13.6. The molecule has 0 aliphatic rings. The van der Waals surface area contributed by atoms with E-state index in [1.807, 2.05) is 55.5 Å². The largest absolute Gasteiger partial charge is 0.345 e. The van der Waals surface area contributed by atoms with Crippen LogP contribution in [0.5, 0.6) is 0 Å². The van der Waals surface area contributed by atoms with Gasteiger partial charge in [0.1, 0.15) is 5.35 Å². The summed E-state index contributed by atoms with van der Waals surface area (Å²) in [5.41, 5.74) is 2.37. The maximum atomic E-state index is 13.6. The molecule has 0 unspecified atom stereocenters. The molecule has 0 aliphatic heterocycles. The summed E-state index contributed by atoms with van der Waals surface area (Å²) in [4.78, 5) is 25.5. The second kappa shape index (κ2) is 8.74. The molecule has 6 heteroatoms. The lowest BCUT2D eigenvalue weighted by Crippen LogP contribution is -2.27. The third kappa shape index (κ3) is 3.97. The summed E-state index contributed by atoms with van der Waals surface area (Å²) in [7, 11) is 0. The molecule has 0 spiro atoms. The Kier molecular flexibility index (Phi) is 5.87. The van der Waals surface area contributed by atoms with Gasteiger partial charge >= 0.3 is 0 Å². The van der Waals surface area contributed by atoms with Crippen molar-refractivity contribution in [1.29, 1.82) is 0 Å². The van der Waals surface area contributed by atoms with E-state index in [0.29, 0.717) is 16.8 Å². The molecule has 2 aromatic heterocycles. The van der Waals surface area contributed by atoms with Gasteiger partial charge in [-0.15, -0.1) is 0 Å². The predicted octanol–water partition coefficient (Wildman–Crippen LogP) is 4.17. The molecule has 5 nitrogen and oxygen atoms in total. The fraction of sp³-hybridized carbons (Fsp3) is 0.160. The molecule has 0 bridgehead atoms. The van der Waals surface area contributed by atoms with Crippen LogP contribution in [0.25, 0.3) is 28.7 Å². The molecular formula is C25H23ClN4O. The van der Waals surface area contributed by atoms with Crippen LogP contribution in [0, 0.1) is 0 Å². The highest BCUT2D eigenvalue weighted by atomic mass is 35.5. The number of para-hydroxylation sites is 1. The van der Waals surface area contributed by atoms with Crippen LogP contribution in [0.1, 0.15) is 31.9 Å². The van der Waals surface area contributed by atoms with Gasteiger partial charge < -0.3 is 4.98 Å². The first-order chi connectivity index (χ1) is 15.0. The molecule has 1 N–H and O–H groups in total. The predicted molar refractivity (Wildman–Crippen MR) is 129 cm³/mol. The van der Waals surface area contributed by atoms with Crippen LogP contribution >= 0.6 is 11.6 Å². The first-order valence-corrected chi connectivity index (χ1v) is 10.5. The van der Waals surface area contributed by atoms with Crippen molar-refractivity contribution < 1.29 is 0 Å². The van der Waals surface area contributed by atoms with Crippen LogP contribution < -0.4 is 16.3 Å². The smallest absolute Gasteiger partial charge is 0.264 e. The highest BCUT2D eigenvalue weighted by molar-refractivity contribution is 6.35. The molecule has 1 atom stereocenters. The SMILES string of the molecule is C=c1[nH]cn/c1=C(\C[C@@H](C)c1cc2cccc(Cl)c2c(=O)n1-c1ccccc1)N=CC. The number of imidazole rings is 1. The fourth-order valence-electron chi connectivity index (χ4n) is 3.88. The average Bonchev–Trinajstić information content (AvgIpc) is 3.19. The van der Waals surface area contributed by atoms with Crippen molar-refractivity contribution in [2.24, 2.45) is 4.99 Å². The third-order valence-corrected chi connectivity index (χ3v) is 5.63. The number of rotatable bonds is 5. The molecule has 0 aliphatic carbocycles. The molecular weight excluding hydrogens is 408 g/mol. The van der Waals surface area contributed by atoms with Crippen molar-refractivity contribution in [2.45, 2.75) is 26.2 Å². The highest BCUT2D eigenvalue weighted by Gasteiger charge is 2.19. The second-order valence-corrected chi connectivity index (χ2v) is 7.83. The standard InChI is InChI=1S/C25H23ClN4O/c1-4-27-21(24-17(3)28-15-29-24)13-16(2)22-14-18-9-8-12-20(26)23(18)25(31)30(22)19-10-6-5-7-11-19/h4-12,14-16H,3,13H2,1-2H3,(H,28,29)/b24-21+,27-4?/t16-/m1/s1. The summed E-state index contributed by atoms with van der Waals surface area (Å²) in [5.74, 6) is -0.0221. The van der Waals surface area contributed by atoms with Crippen LogP contribution in [0.3, 0.4) is 0 Å². The minimum absolute atomic E-state index is 0.0221. The lowest BCUT2D eigenvalue weighted by atomic mass is 9.97. The van der Waals surface area contributed by atoms with E-state index < -0.39 is 0 Å². The van der Waals surface area contributed by atoms with E-state index in [-0.39, 0.29) is 11.5 Å². The number of pyridine rings is 1. The Hall–Kier alpha value is -3.44. The maximum Gasteiger partial charge on any atom is 0.264 e. The Morgan fingerprint density at radius 2 is 2.03 bits per heavy atom. The van der Waals surface area contributed by atoms with E-state index in [9.17, 15) is 4.79 Å². The van der Waals surface area contributed by atoms with Crippen molar-refractivity contribution in [1.82, 2.24) is 14.5 Å². The number of aliphatic imine (C=N–C) groups is 1. The first kappa shape index (κ1) is 20.8. The summed E-state index contributed by atoms with van der Waals surface area (Å²) in [6.07, 6.45) is 3.96. The van der Waals surface area contributed by atoms with Crippen LogP contribution in [-0.4, -0.2) is 20.7 Å². The van der Waals surface area contributed by atoms with E-state index >= 15 is 0 Å². The number of hydrogen-bond donors (Lipinski definition) is 1. The van der Waals surface area contributed by atoms with Gasteiger partial charge in [0.15, 0.2) is 0 Å².